The van der Waals surface area contributed by atoms with E-state index in [9.17, 15) is 9.59 Å². The summed E-state index contributed by atoms with van der Waals surface area (Å²) in [6.45, 7) is 5.77. The van der Waals surface area contributed by atoms with Crippen molar-refractivity contribution in [1.29, 1.82) is 0 Å². The highest BCUT2D eigenvalue weighted by atomic mass is 16.5. The van der Waals surface area contributed by atoms with Crippen molar-refractivity contribution in [2.24, 2.45) is 11.8 Å². The maximum Gasteiger partial charge on any atom is 0.254 e. The van der Waals surface area contributed by atoms with Gasteiger partial charge in [0, 0.05) is 31.1 Å². The molecule has 0 saturated carbocycles. The molecule has 0 spiro atoms. The Morgan fingerprint density at radius 3 is 2.39 bits per heavy atom. The van der Waals surface area contributed by atoms with E-state index in [2.05, 4.69) is 19.2 Å². The third kappa shape index (κ3) is 5.57. The standard InChI is InChI=1S/C25H32N2O4/c1-17(2)11-12-26-24(28)23-16-27(25(29)19-8-6-10-21(14-19)31-4)15-22(23)18-7-5-9-20(13-18)30-3/h5-10,13-14,17,22-23H,11-12,15-16H2,1-4H3,(H,26,28)/t22-,23+/m0/s1. The van der Waals surface area contributed by atoms with Crippen LogP contribution in [0.5, 0.6) is 11.5 Å². The van der Waals surface area contributed by atoms with E-state index in [4.69, 9.17) is 9.47 Å². The van der Waals surface area contributed by atoms with Gasteiger partial charge in [0.2, 0.25) is 5.91 Å². The highest BCUT2D eigenvalue weighted by Crippen LogP contribution is 2.35. The Morgan fingerprint density at radius 1 is 1.03 bits per heavy atom. The zero-order chi connectivity index (χ0) is 22.4. The largest absolute Gasteiger partial charge is 0.497 e. The molecular weight excluding hydrogens is 392 g/mol. The first-order valence-electron chi connectivity index (χ1n) is 10.8. The van der Waals surface area contributed by atoms with Gasteiger partial charge in [0.1, 0.15) is 11.5 Å². The molecule has 1 heterocycles. The summed E-state index contributed by atoms with van der Waals surface area (Å²) in [5.41, 5.74) is 1.56. The smallest absolute Gasteiger partial charge is 0.254 e. The fourth-order valence-corrected chi connectivity index (χ4v) is 4.00. The molecule has 1 aliphatic heterocycles. The van der Waals surface area contributed by atoms with Crippen molar-refractivity contribution in [3.63, 3.8) is 0 Å². The van der Waals surface area contributed by atoms with Gasteiger partial charge in [-0.25, -0.2) is 0 Å². The topological polar surface area (TPSA) is 67.9 Å². The van der Waals surface area contributed by atoms with Crippen molar-refractivity contribution in [3.05, 3.63) is 59.7 Å². The van der Waals surface area contributed by atoms with E-state index >= 15 is 0 Å². The molecular formula is C25H32N2O4. The van der Waals surface area contributed by atoms with Crippen LogP contribution in [-0.4, -0.2) is 50.6 Å². The Balaban J connectivity index is 1.83. The average molecular weight is 425 g/mol. The Kier molecular flexibility index (Phi) is 7.55. The molecule has 0 unspecified atom stereocenters. The number of benzene rings is 2. The highest BCUT2D eigenvalue weighted by molar-refractivity contribution is 5.95. The predicted octanol–water partition coefficient (Wildman–Crippen LogP) is 3.72. The molecule has 1 aliphatic rings. The van der Waals surface area contributed by atoms with E-state index in [1.807, 2.05) is 30.3 Å². The molecule has 1 N–H and O–H groups in total. The second-order valence-electron chi connectivity index (χ2n) is 8.41. The third-order valence-corrected chi connectivity index (χ3v) is 5.80. The molecule has 2 aromatic carbocycles. The number of nitrogens with zero attached hydrogens (tertiary/aromatic N) is 1. The molecule has 3 rings (SSSR count). The lowest BCUT2D eigenvalue weighted by atomic mass is 9.88. The third-order valence-electron chi connectivity index (χ3n) is 5.80. The normalized spacial score (nSPS) is 18.2. The molecule has 2 atom stereocenters. The van der Waals surface area contributed by atoms with Gasteiger partial charge in [-0.15, -0.1) is 0 Å². The maximum atomic E-state index is 13.2. The molecule has 6 heteroatoms. The van der Waals surface area contributed by atoms with Gasteiger partial charge in [-0.05, 0) is 48.2 Å². The molecule has 0 bridgehead atoms. The number of likely N-dealkylation sites (tertiary alicyclic amines) is 1. The van der Waals surface area contributed by atoms with Crippen molar-refractivity contribution in [3.8, 4) is 11.5 Å². The van der Waals surface area contributed by atoms with E-state index < -0.39 is 0 Å². The summed E-state index contributed by atoms with van der Waals surface area (Å²) in [6.07, 6.45) is 0.925. The molecule has 166 valence electrons. The van der Waals surface area contributed by atoms with Crippen LogP contribution in [-0.2, 0) is 4.79 Å². The zero-order valence-corrected chi connectivity index (χ0v) is 18.8. The number of hydrogen-bond acceptors (Lipinski definition) is 4. The summed E-state index contributed by atoms with van der Waals surface area (Å²) in [4.78, 5) is 28.0. The zero-order valence-electron chi connectivity index (χ0n) is 18.8. The summed E-state index contributed by atoms with van der Waals surface area (Å²) < 4.78 is 10.6. The summed E-state index contributed by atoms with van der Waals surface area (Å²) in [6, 6.07) is 14.9. The summed E-state index contributed by atoms with van der Waals surface area (Å²) >= 11 is 0. The average Bonchev–Trinajstić information content (AvgIpc) is 3.24. The fourth-order valence-electron chi connectivity index (χ4n) is 4.00. The van der Waals surface area contributed by atoms with Crippen molar-refractivity contribution < 1.29 is 19.1 Å². The Bertz CT molecular complexity index is 912. The molecule has 6 nitrogen and oxygen atoms in total. The Morgan fingerprint density at radius 2 is 1.71 bits per heavy atom. The van der Waals surface area contributed by atoms with Gasteiger partial charge in [-0.1, -0.05) is 32.0 Å². The van der Waals surface area contributed by atoms with Crippen molar-refractivity contribution in [2.75, 3.05) is 33.9 Å². The predicted molar refractivity (Wildman–Crippen MR) is 121 cm³/mol. The van der Waals surface area contributed by atoms with Crippen LogP contribution in [0.4, 0.5) is 0 Å². The molecule has 0 aromatic heterocycles. The quantitative estimate of drug-likeness (QED) is 0.701. The van der Waals surface area contributed by atoms with Crippen LogP contribution in [0, 0.1) is 11.8 Å². The molecule has 2 amide bonds. The number of amides is 2. The Hall–Kier alpha value is -3.02. The number of methoxy groups -OCH3 is 2. The second-order valence-corrected chi connectivity index (χ2v) is 8.41. The minimum absolute atomic E-state index is 0.00517. The van der Waals surface area contributed by atoms with Crippen LogP contribution >= 0.6 is 0 Å². The maximum absolute atomic E-state index is 13.2. The van der Waals surface area contributed by atoms with E-state index in [0.29, 0.717) is 36.9 Å². The van der Waals surface area contributed by atoms with Crippen molar-refractivity contribution in [2.45, 2.75) is 26.2 Å². The van der Waals surface area contributed by atoms with Gasteiger partial charge < -0.3 is 19.7 Å². The lowest BCUT2D eigenvalue weighted by molar-refractivity contribution is -0.124. The lowest BCUT2D eigenvalue weighted by Gasteiger charge is -2.19. The SMILES string of the molecule is COc1cccc(C(=O)N2C[C@@H](C(=O)NCCC(C)C)[C@H](c3cccc(OC)c3)C2)c1. The minimum Gasteiger partial charge on any atom is -0.497 e. The van der Waals surface area contributed by atoms with E-state index in [1.165, 1.54) is 0 Å². The van der Waals surface area contributed by atoms with Gasteiger partial charge in [-0.3, -0.25) is 9.59 Å². The summed E-state index contributed by atoms with van der Waals surface area (Å²) in [7, 11) is 3.21. The van der Waals surface area contributed by atoms with Gasteiger partial charge in [0.15, 0.2) is 0 Å². The fraction of sp³-hybridized carbons (Fsp3) is 0.440. The molecule has 2 aromatic rings. The van der Waals surface area contributed by atoms with Crippen molar-refractivity contribution >= 4 is 11.8 Å². The number of carbonyl (C=O) groups is 2. The van der Waals surface area contributed by atoms with Crippen LogP contribution < -0.4 is 14.8 Å². The summed E-state index contributed by atoms with van der Waals surface area (Å²) in [5, 5.41) is 3.07. The van der Waals surface area contributed by atoms with Crippen molar-refractivity contribution in [1.82, 2.24) is 10.2 Å². The van der Waals surface area contributed by atoms with E-state index in [0.717, 1.165) is 17.7 Å². The number of rotatable bonds is 8. The monoisotopic (exact) mass is 424 g/mol. The van der Waals surface area contributed by atoms with Crippen LogP contribution in [0.2, 0.25) is 0 Å². The number of nitrogens with one attached hydrogen (secondary N) is 1. The first kappa shape index (κ1) is 22.7. The molecule has 1 fully saturated rings. The first-order valence-corrected chi connectivity index (χ1v) is 10.8. The van der Waals surface area contributed by atoms with Crippen LogP contribution in [0.1, 0.15) is 42.1 Å². The van der Waals surface area contributed by atoms with Crippen LogP contribution in [0.15, 0.2) is 48.5 Å². The number of ether oxygens (including phenoxy) is 2. The number of hydrogen-bond donors (Lipinski definition) is 1. The molecule has 0 aliphatic carbocycles. The molecule has 0 radical (unpaired) electrons. The Labute approximate surface area is 184 Å². The van der Waals surface area contributed by atoms with Crippen LogP contribution in [0.3, 0.4) is 0 Å². The van der Waals surface area contributed by atoms with Gasteiger partial charge in [0.05, 0.1) is 20.1 Å². The number of carbonyl (C=O) groups excluding carboxylic acids is 2. The van der Waals surface area contributed by atoms with Gasteiger partial charge in [-0.2, -0.15) is 0 Å². The second kappa shape index (κ2) is 10.3. The van der Waals surface area contributed by atoms with Gasteiger partial charge in [0.25, 0.3) is 5.91 Å². The minimum atomic E-state index is -0.311. The lowest BCUT2D eigenvalue weighted by Crippen LogP contribution is -2.36. The first-order chi connectivity index (χ1) is 14.9. The van der Waals surface area contributed by atoms with Gasteiger partial charge >= 0.3 is 0 Å². The van der Waals surface area contributed by atoms with E-state index in [1.54, 1.807) is 37.3 Å². The van der Waals surface area contributed by atoms with Crippen LogP contribution in [0.25, 0.3) is 0 Å². The molecule has 1 saturated heterocycles. The molecule has 31 heavy (non-hydrogen) atoms. The summed E-state index contributed by atoms with van der Waals surface area (Å²) in [5.74, 6) is 1.40. The highest BCUT2D eigenvalue weighted by Gasteiger charge is 2.40. The van der Waals surface area contributed by atoms with E-state index in [-0.39, 0.29) is 23.7 Å².